The number of furan rings is 1. The van der Waals surface area contributed by atoms with Gasteiger partial charge in [-0.15, -0.1) is 0 Å². The molecule has 3 heterocycles. The number of nitrogens with one attached hydrogen (secondary N) is 2. The van der Waals surface area contributed by atoms with Crippen molar-refractivity contribution in [3.63, 3.8) is 0 Å². The number of piperidine rings is 1. The summed E-state index contributed by atoms with van der Waals surface area (Å²) >= 11 is 0. The fourth-order valence-electron chi connectivity index (χ4n) is 3.61. The van der Waals surface area contributed by atoms with Crippen LogP contribution in [0.1, 0.15) is 35.0 Å². The van der Waals surface area contributed by atoms with Crippen molar-refractivity contribution in [2.75, 3.05) is 18.4 Å². The molecule has 2 N–H and O–H groups in total. The Balaban J connectivity index is 1.27. The number of aromatic nitrogens is 1. The average Bonchev–Trinajstić information content (AvgIpc) is 3.47. The number of amides is 3. The van der Waals surface area contributed by atoms with Crippen molar-refractivity contribution in [3.8, 4) is 0 Å². The largest absolute Gasteiger partial charge is 0.459 e. The standard InChI is InChI=1S/C22H24N4O3/c27-21(20-7-4-14-29-20)24-18-6-3-5-17(15-18)16-23-22(28)26-12-8-19(9-13-26)25-10-1-2-11-25/h1-7,10-11,14-15,19H,8-9,12-13,16H2,(H,23,28)(H,24,27). The molecule has 0 radical (unpaired) electrons. The molecular formula is C22H24N4O3. The summed E-state index contributed by atoms with van der Waals surface area (Å²) in [6.45, 7) is 1.89. The maximum Gasteiger partial charge on any atom is 0.317 e. The Kier molecular flexibility index (Phi) is 5.65. The highest BCUT2D eigenvalue weighted by atomic mass is 16.3. The summed E-state index contributed by atoms with van der Waals surface area (Å²) in [5, 5.41) is 5.77. The molecular weight excluding hydrogens is 368 g/mol. The van der Waals surface area contributed by atoms with E-state index in [1.807, 2.05) is 35.2 Å². The number of carbonyl (C=O) groups excluding carboxylic acids is 2. The van der Waals surface area contributed by atoms with Crippen LogP contribution in [0.5, 0.6) is 0 Å². The van der Waals surface area contributed by atoms with Crippen LogP contribution in [0.3, 0.4) is 0 Å². The second-order valence-electron chi connectivity index (χ2n) is 7.14. The first kappa shape index (κ1) is 18.9. The highest BCUT2D eigenvalue weighted by molar-refractivity contribution is 6.02. The molecule has 29 heavy (non-hydrogen) atoms. The van der Waals surface area contributed by atoms with E-state index in [0.717, 1.165) is 31.5 Å². The van der Waals surface area contributed by atoms with Crippen LogP contribution in [0.2, 0.25) is 0 Å². The van der Waals surface area contributed by atoms with Crippen LogP contribution in [0, 0.1) is 0 Å². The third-order valence-corrected chi connectivity index (χ3v) is 5.17. The molecule has 1 aliphatic heterocycles. The molecule has 0 bridgehead atoms. The highest BCUT2D eigenvalue weighted by Gasteiger charge is 2.23. The lowest BCUT2D eigenvalue weighted by atomic mass is 10.1. The summed E-state index contributed by atoms with van der Waals surface area (Å²) in [5.74, 6) is -0.0474. The van der Waals surface area contributed by atoms with Gasteiger partial charge in [0.2, 0.25) is 0 Å². The molecule has 150 valence electrons. The smallest absolute Gasteiger partial charge is 0.317 e. The monoisotopic (exact) mass is 392 g/mol. The Bertz CT molecular complexity index is 942. The lowest BCUT2D eigenvalue weighted by Crippen LogP contribution is -2.44. The van der Waals surface area contributed by atoms with E-state index in [-0.39, 0.29) is 17.7 Å². The molecule has 0 saturated carbocycles. The molecule has 1 saturated heterocycles. The van der Waals surface area contributed by atoms with E-state index in [2.05, 4.69) is 27.6 Å². The lowest BCUT2D eigenvalue weighted by Gasteiger charge is -2.32. The van der Waals surface area contributed by atoms with Gasteiger partial charge >= 0.3 is 6.03 Å². The van der Waals surface area contributed by atoms with Crippen molar-refractivity contribution in [2.24, 2.45) is 0 Å². The van der Waals surface area contributed by atoms with Gasteiger partial charge in [0.1, 0.15) is 0 Å². The minimum absolute atomic E-state index is 0.0546. The maximum atomic E-state index is 12.5. The SMILES string of the molecule is O=C(Nc1cccc(CNC(=O)N2CCC(n3cccc3)CC2)c1)c1ccco1. The second-order valence-corrected chi connectivity index (χ2v) is 7.14. The molecule has 0 unspecified atom stereocenters. The average molecular weight is 392 g/mol. The van der Waals surface area contributed by atoms with E-state index < -0.39 is 0 Å². The molecule has 7 heteroatoms. The molecule has 2 aromatic heterocycles. The molecule has 0 spiro atoms. The third-order valence-electron chi connectivity index (χ3n) is 5.17. The van der Waals surface area contributed by atoms with E-state index in [9.17, 15) is 9.59 Å². The fourth-order valence-corrected chi connectivity index (χ4v) is 3.61. The first-order valence-corrected chi connectivity index (χ1v) is 9.78. The summed E-state index contributed by atoms with van der Waals surface area (Å²) in [5.41, 5.74) is 1.57. The van der Waals surface area contributed by atoms with Crippen molar-refractivity contribution in [1.29, 1.82) is 0 Å². The Morgan fingerprint density at radius 2 is 1.83 bits per heavy atom. The van der Waals surface area contributed by atoms with Gasteiger partial charge < -0.3 is 24.5 Å². The summed E-state index contributed by atoms with van der Waals surface area (Å²) in [4.78, 5) is 26.5. The topological polar surface area (TPSA) is 79.5 Å². The molecule has 1 aliphatic rings. The van der Waals surface area contributed by atoms with Crippen LogP contribution in [0.4, 0.5) is 10.5 Å². The minimum atomic E-state index is -0.304. The minimum Gasteiger partial charge on any atom is -0.459 e. The number of rotatable bonds is 5. The van der Waals surface area contributed by atoms with Gasteiger partial charge in [0.25, 0.3) is 5.91 Å². The zero-order valence-electron chi connectivity index (χ0n) is 16.1. The number of likely N-dealkylation sites (tertiary alicyclic amines) is 1. The molecule has 3 aromatic rings. The molecule has 3 amide bonds. The van der Waals surface area contributed by atoms with Gasteiger partial charge in [0, 0.05) is 43.8 Å². The Morgan fingerprint density at radius 3 is 2.55 bits per heavy atom. The van der Waals surface area contributed by atoms with Crippen molar-refractivity contribution in [1.82, 2.24) is 14.8 Å². The number of urea groups is 1. The molecule has 1 aromatic carbocycles. The summed E-state index contributed by atoms with van der Waals surface area (Å²) < 4.78 is 7.32. The normalized spacial score (nSPS) is 14.6. The van der Waals surface area contributed by atoms with E-state index in [1.54, 1.807) is 18.2 Å². The van der Waals surface area contributed by atoms with Crippen LogP contribution in [-0.2, 0) is 6.54 Å². The van der Waals surface area contributed by atoms with E-state index in [4.69, 9.17) is 4.42 Å². The Labute approximate surface area is 169 Å². The number of carbonyl (C=O) groups is 2. The van der Waals surface area contributed by atoms with Gasteiger partial charge in [-0.1, -0.05) is 12.1 Å². The zero-order valence-corrected chi connectivity index (χ0v) is 16.1. The van der Waals surface area contributed by atoms with Gasteiger partial charge in [0.15, 0.2) is 5.76 Å². The zero-order chi connectivity index (χ0) is 20.1. The second kappa shape index (κ2) is 8.68. The van der Waals surface area contributed by atoms with Crippen LogP contribution >= 0.6 is 0 Å². The first-order valence-electron chi connectivity index (χ1n) is 9.78. The molecule has 0 aliphatic carbocycles. The number of benzene rings is 1. The number of nitrogens with zero attached hydrogens (tertiary/aromatic N) is 2. The quantitative estimate of drug-likeness (QED) is 0.692. The summed E-state index contributed by atoms with van der Waals surface area (Å²) in [7, 11) is 0. The Morgan fingerprint density at radius 1 is 1.03 bits per heavy atom. The molecule has 4 rings (SSSR count). The number of hydrogen-bond donors (Lipinski definition) is 2. The van der Waals surface area contributed by atoms with Gasteiger partial charge in [-0.3, -0.25) is 4.79 Å². The van der Waals surface area contributed by atoms with Crippen LogP contribution in [-0.4, -0.2) is 34.5 Å². The first-order chi connectivity index (χ1) is 14.2. The summed E-state index contributed by atoms with van der Waals surface area (Å²) in [6.07, 6.45) is 7.53. The third kappa shape index (κ3) is 4.68. The van der Waals surface area contributed by atoms with Gasteiger partial charge in [-0.25, -0.2) is 4.79 Å². The number of hydrogen-bond acceptors (Lipinski definition) is 3. The predicted octanol–water partition coefficient (Wildman–Crippen LogP) is 3.88. The highest BCUT2D eigenvalue weighted by Crippen LogP contribution is 2.22. The van der Waals surface area contributed by atoms with E-state index in [1.165, 1.54) is 6.26 Å². The van der Waals surface area contributed by atoms with Crippen LogP contribution in [0.25, 0.3) is 0 Å². The predicted molar refractivity (Wildman–Crippen MR) is 110 cm³/mol. The molecule has 7 nitrogen and oxygen atoms in total. The Hall–Kier alpha value is -3.48. The van der Waals surface area contributed by atoms with Gasteiger partial charge in [-0.05, 0) is 54.8 Å². The van der Waals surface area contributed by atoms with Crippen molar-refractivity contribution in [2.45, 2.75) is 25.4 Å². The lowest BCUT2D eigenvalue weighted by molar-refractivity contribution is 0.0996. The fraction of sp³-hybridized carbons (Fsp3) is 0.273. The van der Waals surface area contributed by atoms with Gasteiger partial charge in [-0.2, -0.15) is 0 Å². The van der Waals surface area contributed by atoms with Crippen molar-refractivity contribution < 1.29 is 14.0 Å². The number of anilines is 1. The van der Waals surface area contributed by atoms with Crippen molar-refractivity contribution >= 4 is 17.6 Å². The molecule has 1 fully saturated rings. The van der Waals surface area contributed by atoms with Crippen LogP contribution in [0.15, 0.2) is 71.6 Å². The molecule has 0 atom stereocenters. The maximum absolute atomic E-state index is 12.5. The van der Waals surface area contributed by atoms with E-state index in [0.29, 0.717) is 18.3 Å². The van der Waals surface area contributed by atoms with Crippen LogP contribution < -0.4 is 10.6 Å². The van der Waals surface area contributed by atoms with Crippen molar-refractivity contribution in [3.05, 3.63) is 78.5 Å². The van der Waals surface area contributed by atoms with E-state index >= 15 is 0 Å². The summed E-state index contributed by atoms with van der Waals surface area (Å²) in [6, 6.07) is 15.2. The van der Waals surface area contributed by atoms with Gasteiger partial charge in [0.05, 0.1) is 6.26 Å².